The minimum atomic E-state index is -1.36. The molecule has 6 nitrogen and oxygen atoms in total. The summed E-state index contributed by atoms with van der Waals surface area (Å²) in [6.07, 6.45) is -0.832. The number of carboxylic acids is 1. The molecule has 1 amide bonds. The molecule has 2 N–H and O–H groups in total. The lowest BCUT2D eigenvalue weighted by Gasteiger charge is -2.14. The molecule has 0 aliphatic rings. The zero-order valence-corrected chi connectivity index (χ0v) is 11.2. The van der Waals surface area contributed by atoms with Crippen molar-refractivity contribution in [2.75, 3.05) is 20.3 Å². The molecule has 0 saturated heterocycles. The SMILES string of the molecule is COCCNC(=O)C(C)Oc1ccc(C(=O)O)c(F)c1. The van der Waals surface area contributed by atoms with Crippen LogP contribution in [0.25, 0.3) is 0 Å². The minimum absolute atomic E-state index is 0.0851. The van der Waals surface area contributed by atoms with E-state index in [9.17, 15) is 14.0 Å². The van der Waals surface area contributed by atoms with Gasteiger partial charge in [0.2, 0.25) is 0 Å². The van der Waals surface area contributed by atoms with E-state index >= 15 is 0 Å². The molecular weight excluding hydrogens is 269 g/mol. The zero-order valence-electron chi connectivity index (χ0n) is 11.2. The lowest BCUT2D eigenvalue weighted by Crippen LogP contribution is -2.37. The summed E-state index contributed by atoms with van der Waals surface area (Å²) in [5, 5.41) is 11.3. The van der Waals surface area contributed by atoms with E-state index in [-0.39, 0.29) is 11.7 Å². The Labute approximate surface area is 115 Å². The first-order valence-electron chi connectivity index (χ1n) is 5.92. The highest BCUT2D eigenvalue weighted by molar-refractivity contribution is 5.88. The van der Waals surface area contributed by atoms with Crippen molar-refractivity contribution in [3.63, 3.8) is 0 Å². The lowest BCUT2D eigenvalue weighted by atomic mass is 10.2. The van der Waals surface area contributed by atoms with E-state index < -0.39 is 23.5 Å². The molecule has 1 atom stereocenters. The molecule has 0 heterocycles. The molecule has 0 fully saturated rings. The van der Waals surface area contributed by atoms with Gasteiger partial charge in [0, 0.05) is 19.7 Å². The molecule has 110 valence electrons. The number of ether oxygens (including phenoxy) is 2. The Morgan fingerprint density at radius 2 is 2.15 bits per heavy atom. The zero-order chi connectivity index (χ0) is 15.1. The first-order chi connectivity index (χ1) is 9.45. The molecule has 20 heavy (non-hydrogen) atoms. The number of hydrogen-bond acceptors (Lipinski definition) is 4. The van der Waals surface area contributed by atoms with E-state index in [0.717, 1.165) is 12.1 Å². The maximum absolute atomic E-state index is 13.4. The third-order valence-corrected chi connectivity index (χ3v) is 2.46. The number of carboxylic acid groups (broad SMARTS) is 1. The van der Waals surface area contributed by atoms with Gasteiger partial charge in [0.1, 0.15) is 11.6 Å². The number of hydrogen-bond donors (Lipinski definition) is 2. The predicted octanol–water partition coefficient (Wildman–Crippen LogP) is 1.05. The Kier molecular flexibility index (Phi) is 5.92. The van der Waals surface area contributed by atoms with Crippen LogP contribution in [-0.2, 0) is 9.53 Å². The highest BCUT2D eigenvalue weighted by Gasteiger charge is 2.16. The van der Waals surface area contributed by atoms with E-state index in [1.807, 2.05) is 0 Å². The van der Waals surface area contributed by atoms with Crippen molar-refractivity contribution < 1.29 is 28.6 Å². The van der Waals surface area contributed by atoms with Crippen molar-refractivity contribution in [1.82, 2.24) is 5.32 Å². The standard InChI is InChI=1S/C13H16FNO5/c1-8(12(16)15-5-6-19-2)20-9-3-4-10(13(17)18)11(14)7-9/h3-4,7-8H,5-6H2,1-2H3,(H,15,16)(H,17,18). The topological polar surface area (TPSA) is 84.9 Å². The van der Waals surface area contributed by atoms with Gasteiger partial charge in [-0.15, -0.1) is 0 Å². The highest BCUT2D eigenvalue weighted by Crippen LogP contribution is 2.18. The fourth-order valence-electron chi connectivity index (χ4n) is 1.42. The molecule has 0 bridgehead atoms. The van der Waals surface area contributed by atoms with Crippen LogP contribution >= 0.6 is 0 Å². The van der Waals surface area contributed by atoms with Gasteiger partial charge in [0.25, 0.3) is 5.91 Å². The summed E-state index contributed by atoms with van der Waals surface area (Å²) in [6, 6.07) is 3.32. The Bertz CT molecular complexity index is 492. The Balaban J connectivity index is 2.62. The Hall–Kier alpha value is -2.15. The minimum Gasteiger partial charge on any atom is -0.481 e. The van der Waals surface area contributed by atoms with Crippen LogP contribution in [0.2, 0.25) is 0 Å². The largest absolute Gasteiger partial charge is 0.481 e. The van der Waals surface area contributed by atoms with Crippen LogP contribution in [0.4, 0.5) is 4.39 Å². The van der Waals surface area contributed by atoms with Crippen molar-refractivity contribution in [2.45, 2.75) is 13.0 Å². The molecule has 0 saturated carbocycles. The smallest absolute Gasteiger partial charge is 0.338 e. The van der Waals surface area contributed by atoms with Gasteiger partial charge in [0.05, 0.1) is 12.2 Å². The molecule has 1 unspecified atom stereocenters. The van der Waals surface area contributed by atoms with Gasteiger partial charge >= 0.3 is 5.97 Å². The number of rotatable bonds is 7. The molecule has 1 aromatic carbocycles. The van der Waals surface area contributed by atoms with Crippen molar-refractivity contribution in [2.24, 2.45) is 0 Å². The van der Waals surface area contributed by atoms with Crippen LogP contribution in [0, 0.1) is 5.82 Å². The van der Waals surface area contributed by atoms with E-state index in [1.54, 1.807) is 0 Å². The molecule has 0 aromatic heterocycles. The molecule has 0 radical (unpaired) electrons. The summed E-state index contributed by atoms with van der Waals surface area (Å²) < 4.78 is 23.4. The van der Waals surface area contributed by atoms with Crippen molar-refractivity contribution in [3.05, 3.63) is 29.6 Å². The first kappa shape index (κ1) is 15.9. The van der Waals surface area contributed by atoms with Crippen LogP contribution in [0.3, 0.4) is 0 Å². The number of benzene rings is 1. The average Bonchev–Trinajstić information content (AvgIpc) is 2.38. The van der Waals surface area contributed by atoms with Crippen LogP contribution in [0.5, 0.6) is 5.75 Å². The number of carbonyl (C=O) groups is 2. The van der Waals surface area contributed by atoms with Gasteiger partial charge in [-0.25, -0.2) is 9.18 Å². The molecule has 1 rings (SSSR count). The molecular formula is C13H16FNO5. The van der Waals surface area contributed by atoms with E-state index in [2.05, 4.69) is 5.32 Å². The van der Waals surface area contributed by atoms with Crippen LogP contribution in [0.1, 0.15) is 17.3 Å². The average molecular weight is 285 g/mol. The maximum atomic E-state index is 13.4. The molecule has 7 heteroatoms. The normalized spacial score (nSPS) is 11.8. The predicted molar refractivity (Wildman–Crippen MR) is 68.3 cm³/mol. The van der Waals surface area contributed by atoms with Gasteiger partial charge in [0.15, 0.2) is 6.10 Å². The number of nitrogens with one attached hydrogen (secondary N) is 1. The van der Waals surface area contributed by atoms with Crippen molar-refractivity contribution in [3.8, 4) is 5.75 Å². The summed E-state index contributed by atoms with van der Waals surface area (Å²) in [7, 11) is 1.51. The fourth-order valence-corrected chi connectivity index (χ4v) is 1.42. The summed E-state index contributed by atoms with van der Waals surface area (Å²) in [5.41, 5.74) is -0.449. The van der Waals surface area contributed by atoms with Crippen molar-refractivity contribution in [1.29, 1.82) is 0 Å². The van der Waals surface area contributed by atoms with E-state index in [1.165, 1.54) is 20.1 Å². The summed E-state index contributed by atoms with van der Waals surface area (Å²) in [4.78, 5) is 22.3. The summed E-state index contributed by atoms with van der Waals surface area (Å²) in [6.45, 7) is 2.22. The van der Waals surface area contributed by atoms with Gasteiger partial charge in [-0.1, -0.05) is 0 Å². The summed E-state index contributed by atoms with van der Waals surface area (Å²) >= 11 is 0. The third kappa shape index (κ3) is 4.51. The van der Waals surface area contributed by atoms with Crippen LogP contribution in [-0.4, -0.2) is 43.3 Å². The highest BCUT2D eigenvalue weighted by atomic mass is 19.1. The first-order valence-corrected chi connectivity index (χ1v) is 5.92. The second-order valence-corrected chi connectivity index (χ2v) is 3.99. The molecule has 0 aliphatic heterocycles. The van der Waals surface area contributed by atoms with Crippen LogP contribution in [0.15, 0.2) is 18.2 Å². The number of halogens is 1. The Morgan fingerprint density at radius 3 is 2.70 bits per heavy atom. The number of amides is 1. The van der Waals surface area contributed by atoms with E-state index in [0.29, 0.717) is 13.2 Å². The number of methoxy groups -OCH3 is 1. The fraction of sp³-hybridized carbons (Fsp3) is 0.385. The molecule has 1 aromatic rings. The van der Waals surface area contributed by atoms with Crippen molar-refractivity contribution >= 4 is 11.9 Å². The maximum Gasteiger partial charge on any atom is 0.338 e. The molecule has 0 spiro atoms. The second kappa shape index (κ2) is 7.44. The van der Waals surface area contributed by atoms with Gasteiger partial charge < -0.3 is 19.9 Å². The Morgan fingerprint density at radius 1 is 1.45 bits per heavy atom. The monoisotopic (exact) mass is 285 g/mol. The third-order valence-electron chi connectivity index (χ3n) is 2.46. The number of aromatic carboxylic acids is 1. The summed E-state index contributed by atoms with van der Waals surface area (Å²) in [5.74, 6) is -2.56. The quantitative estimate of drug-likeness (QED) is 0.732. The van der Waals surface area contributed by atoms with Gasteiger partial charge in [-0.2, -0.15) is 0 Å². The van der Waals surface area contributed by atoms with Gasteiger partial charge in [-0.3, -0.25) is 4.79 Å². The number of carbonyl (C=O) groups excluding carboxylic acids is 1. The van der Waals surface area contributed by atoms with E-state index in [4.69, 9.17) is 14.6 Å². The molecule has 0 aliphatic carbocycles. The lowest BCUT2D eigenvalue weighted by molar-refractivity contribution is -0.127. The second-order valence-electron chi connectivity index (χ2n) is 3.99. The van der Waals surface area contributed by atoms with Crippen LogP contribution < -0.4 is 10.1 Å². The van der Waals surface area contributed by atoms with Gasteiger partial charge in [-0.05, 0) is 19.1 Å².